The Balaban J connectivity index is 2.87. The topological polar surface area (TPSA) is 38.8 Å². The maximum Gasteiger partial charge on any atom is 0.418 e. The van der Waals surface area contributed by atoms with Crippen molar-refractivity contribution in [1.29, 1.82) is 0 Å². The van der Waals surface area contributed by atoms with Crippen LogP contribution in [0.15, 0.2) is 23.7 Å². The second kappa shape index (κ2) is 4.82. The molecule has 1 aliphatic rings. The van der Waals surface area contributed by atoms with Crippen LogP contribution in [0.2, 0.25) is 0 Å². The molecule has 0 saturated heterocycles. The van der Waals surface area contributed by atoms with Gasteiger partial charge in [0.1, 0.15) is 11.4 Å². The highest BCUT2D eigenvalue weighted by molar-refractivity contribution is 5.72. The van der Waals surface area contributed by atoms with Crippen molar-refractivity contribution in [2.45, 2.75) is 40.2 Å². The molecule has 1 aliphatic heterocycles. The van der Waals surface area contributed by atoms with Crippen LogP contribution in [-0.2, 0) is 9.47 Å². The number of ether oxygens (including phenoxy) is 2. The average Bonchev–Trinajstić information content (AvgIpc) is 2.14. The molecule has 17 heavy (non-hydrogen) atoms. The van der Waals surface area contributed by atoms with Crippen LogP contribution in [0, 0.1) is 5.92 Å². The standard InChI is InChI=1S/C13H21NO3/c1-9-7-10(2)14(8-11(9)16-6)12(15)17-13(3,4)5/h7-9H,1-6H3. The molecule has 0 spiro atoms. The lowest BCUT2D eigenvalue weighted by Crippen LogP contribution is -2.34. The Labute approximate surface area is 103 Å². The number of nitrogens with zero attached hydrogens (tertiary/aromatic N) is 1. The van der Waals surface area contributed by atoms with Crippen LogP contribution in [0.25, 0.3) is 0 Å². The molecule has 0 radical (unpaired) electrons. The number of hydrogen-bond acceptors (Lipinski definition) is 3. The van der Waals surface area contributed by atoms with Crippen molar-refractivity contribution in [3.8, 4) is 0 Å². The first-order chi connectivity index (χ1) is 7.74. The molecule has 1 heterocycles. The van der Waals surface area contributed by atoms with Gasteiger partial charge in [-0.05, 0) is 27.7 Å². The molecular formula is C13H21NO3. The van der Waals surface area contributed by atoms with Crippen LogP contribution in [0.3, 0.4) is 0 Å². The van der Waals surface area contributed by atoms with Gasteiger partial charge in [0.15, 0.2) is 0 Å². The summed E-state index contributed by atoms with van der Waals surface area (Å²) in [6, 6.07) is 0. The van der Waals surface area contributed by atoms with Crippen molar-refractivity contribution in [3.63, 3.8) is 0 Å². The molecule has 1 rings (SSSR count). The summed E-state index contributed by atoms with van der Waals surface area (Å²) in [6.45, 7) is 9.43. The highest BCUT2D eigenvalue weighted by Crippen LogP contribution is 2.25. The van der Waals surface area contributed by atoms with Crippen molar-refractivity contribution in [3.05, 3.63) is 23.7 Å². The summed E-state index contributed by atoms with van der Waals surface area (Å²) >= 11 is 0. The molecule has 1 atom stereocenters. The maximum atomic E-state index is 12.0. The fraction of sp³-hybridized carbons (Fsp3) is 0.615. The predicted octanol–water partition coefficient (Wildman–Crippen LogP) is 3.26. The van der Waals surface area contributed by atoms with Gasteiger partial charge in [-0.1, -0.05) is 13.0 Å². The van der Waals surface area contributed by atoms with E-state index in [2.05, 4.69) is 0 Å². The van der Waals surface area contributed by atoms with E-state index in [9.17, 15) is 4.79 Å². The summed E-state index contributed by atoms with van der Waals surface area (Å²) < 4.78 is 10.6. The fourth-order valence-electron chi connectivity index (χ4n) is 1.62. The molecule has 4 nitrogen and oxygen atoms in total. The third-order valence-electron chi connectivity index (χ3n) is 2.40. The van der Waals surface area contributed by atoms with Crippen LogP contribution in [0.4, 0.5) is 4.79 Å². The summed E-state index contributed by atoms with van der Waals surface area (Å²) in [6.07, 6.45) is 3.28. The minimum Gasteiger partial charge on any atom is -0.499 e. The molecule has 1 unspecified atom stereocenters. The predicted molar refractivity (Wildman–Crippen MR) is 66.1 cm³/mol. The molecule has 1 amide bonds. The van der Waals surface area contributed by atoms with Gasteiger partial charge in [-0.25, -0.2) is 4.79 Å². The lowest BCUT2D eigenvalue weighted by molar-refractivity contribution is 0.0368. The normalized spacial score (nSPS) is 20.6. The highest BCUT2D eigenvalue weighted by Gasteiger charge is 2.26. The van der Waals surface area contributed by atoms with Gasteiger partial charge in [-0.2, -0.15) is 0 Å². The Hall–Kier alpha value is -1.45. The summed E-state index contributed by atoms with van der Waals surface area (Å²) in [7, 11) is 1.60. The Morgan fingerprint density at radius 2 is 2.00 bits per heavy atom. The summed E-state index contributed by atoms with van der Waals surface area (Å²) in [5.41, 5.74) is 0.356. The van der Waals surface area contributed by atoms with E-state index in [0.29, 0.717) is 0 Å². The molecule has 0 bridgehead atoms. The molecule has 0 saturated carbocycles. The summed E-state index contributed by atoms with van der Waals surface area (Å²) in [5, 5.41) is 0. The lowest BCUT2D eigenvalue weighted by atomic mass is 10.1. The highest BCUT2D eigenvalue weighted by atomic mass is 16.6. The molecule has 0 aromatic carbocycles. The zero-order valence-corrected chi connectivity index (χ0v) is 11.4. The van der Waals surface area contributed by atoms with Gasteiger partial charge in [-0.15, -0.1) is 0 Å². The first-order valence-corrected chi connectivity index (χ1v) is 5.71. The van der Waals surface area contributed by atoms with E-state index in [4.69, 9.17) is 9.47 Å². The quantitative estimate of drug-likeness (QED) is 0.705. The minimum absolute atomic E-state index is 0.179. The van der Waals surface area contributed by atoms with E-state index in [0.717, 1.165) is 11.5 Å². The van der Waals surface area contributed by atoms with Gasteiger partial charge < -0.3 is 9.47 Å². The van der Waals surface area contributed by atoms with Crippen molar-refractivity contribution in [1.82, 2.24) is 4.90 Å². The van der Waals surface area contributed by atoms with E-state index in [1.165, 1.54) is 4.90 Å². The van der Waals surface area contributed by atoms with E-state index in [1.807, 2.05) is 40.7 Å². The lowest BCUT2D eigenvalue weighted by Gasteiger charge is -2.29. The molecule has 0 N–H and O–H groups in total. The SMILES string of the molecule is COC1=CN(C(=O)OC(C)(C)C)C(C)=CC1C. The van der Waals surface area contributed by atoms with Crippen molar-refractivity contribution < 1.29 is 14.3 Å². The summed E-state index contributed by atoms with van der Waals surface area (Å²) in [4.78, 5) is 13.4. The van der Waals surface area contributed by atoms with Crippen molar-refractivity contribution in [2.75, 3.05) is 7.11 Å². The number of rotatable bonds is 1. The van der Waals surface area contributed by atoms with E-state index >= 15 is 0 Å². The Morgan fingerprint density at radius 3 is 2.47 bits per heavy atom. The largest absolute Gasteiger partial charge is 0.499 e. The minimum atomic E-state index is -0.499. The molecule has 0 fully saturated rings. The van der Waals surface area contributed by atoms with Gasteiger partial charge in [0, 0.05) is 11.6 Å². The number of allylic oxidation sites excluding steroid dienone is 2. The van der Waals surface area contributed by atoms with Crippen LogP contribution in [0.1, 0.15) is 34.6 Å². The molecule has 0 aliphatic carbocycles. The number of carbonyl (C=O) groups is 1. The van der Waals surface area contributed by atoms with Crippen LogP contribution in [0.5, 0.6) is 0 Å². The summed E-state index contributed by atoms with van der Waals surface area (Å²) in [5.74, 6) is 0.931. The zero-order valence-electron chi connectivity index (χ0n) is 11.4. The van der Waals surface area contributed by atoms with Crippen LogP contribution in [-0.4, -0.2) is 23.7 Å². The second-order valence-electron chi connectivity index (χ2n) is 5.18. The Morgan fingerprint density at radius 1 is 1.41 bits per heavy atom. The fourth-order valence-corrected chi connectivity index (χ4v) is 1.62. The molecular weight excluding hydrogens is 218 g/mol. The van der Waals surface area contributed by atoms with E-state index in [1.54, 1.807) is 13.3 Å². The number of amides is 1. The van der Waals surface area contributed by atoms with Gasteiger partial charge in [0.05, 0.1) is 13.3 Å². The van der Waals surface area contributed by atoms with Gasteiger partial charge >= 0.3 is 6.09 Å². The third kappa shape index (κ3) is 3.51. The Bertz CT molecular complexity index is 363. The maximum absolute atomic E-state index is 12.0. The van der Waals surface area contributed by atoms with Gasteiger partial charge in [0.2, 0.25) is 0 Å². The average molecular weight is 239 g/mol. The first-order valence-electron chi connectivity index (χ1n) is 5.71. The molecule has 0 aromatic heterocycles. The van der Waals surface area contributed by atoms with Gasteiger partial charge in [-0.3, -0.25) is 4.90 Å². The number of methoxy groups -OCH3 is 1. The van der Waals surface area contributed by atoms with Gasteiger partial charge in [0.25, 0.3) is 0 Å². The molecule has 96 valence electrons. The monoisotopic (exact) mass is 239 g/mol. The van der Waals surface area contributed by atoms with E-state index < -0.39 is 5.60 Å². The van der Waals surface area contributed by atoms with Crippen LogP contribution >= 0.6 is 0 Å². The van der Waals surface area contributed by atoms with Crippen LogP contribution < -0.4 is 0 Å². The van der Waals surface area contributed by atoms with Crippen molar-refractivity contribution >= 4 is 6.09 Å². The molecule has 0 aromatic rings. The zero-order chi connectivity index (χ0) is 13.2. The number of hydrogen-bond donors (Lipinski definition) is 0. The van der Waals surface area contributed by atoms with E-state index in [-0.39, 0.29) is 12.0 Å². The number of carbonyl (C=O) groups excluding carboxylic acids is 1. The first kappa shape index (κ1) is 13.6. The third-order valence-corrected chi connectivity index (χ3v) is 2.40. The Kier molecular flexibility index (Phi) is 3.86. The van der Waals surface area contributed by atoms with Crippen molar-refractivity contribution in [2.24, 2.45) is 5.92 Å². The molecule has 4 heteroatoms. The second-order valence-corrected chi connectivity index (χ2v) is 5.18. The smallest absolute Gasteiger partial charge is 0.418 e.